The molecular formula is C14H18N2O2S2. The van der Waals surface area contributed by atoms with Crippen LogP contribution in [0.5, 0.6) is 0 Å². The number of rotatable bonds is 6. The van der Waals surface area contributed by atoms with Gasteiger partial charge < -0.3 is 10.4 Å². The standard InChI is InChI=1S/C14H18N2O2S2/c1-9(2)10(5-6-17)15-13(18)11-8-20-14(16-11)12-4-3-7-19-12/h3-4,7-10,17H,5-6H2,1-2H3,(H,15,18). The Bertz CT molecular complexity index is 549. The maximum atomic E-state index is 12.2. The summed E-state index contributed by atoms with van der Waals surface area (Å²) in [5.41, 5.74) is 0.446. The highest BCUT2D eigenvalue weighted by atomic mass is 32.1. The summed E-state index contributed by atoms with van der Waals surface area (Å²) in [5, 5.41) is 16.6. The van der Waals surface area contributed by atoms with Crippen LogP contribution in [0.2, 0.25) is 0 Å². The highest BCUT2D eigenvalue weighted by Crippen LogP contribution is 2.27. The van der Waals surface area contributed by atoms with E-state index in [1.807, 2.05) is 31.4 Å². The van der Waals surface area contributed by atoms with E-state index in [4.69, 9.17) is 5.11 Å². The number of hydrogen-bond donors (Lipinski definition) is 2. The topological polar surface area (TPSA) is 62.2 Å². The fourth-order valence-corrected chi connectivity index (χ4v) is 3.46. The number of carbonyl (C=O) groups is 1. The summed E-state index contributed by atoms with van der Waals surface area (Å²) < 4.78 is 0. The lowest BCUT2D eigenvalue weighted by Gasteiger charge is -2.20. The van der Waals surface area contributed by atoms with E-state index in [0.29, 0.717) is 12.1 Å². The van der Waals surface area contributed by atoms with Crippen LogP contribution in [0.3, 0.4) is 0 Å². The first-order chi connectivity index (χ1) is 9.61. The van der Waals surface area contributed by atoms with Crippen LogP contribution in [0.1, 0.15) is 30.8 Å². The molecule has 2 rings (SSSR count). The zero-order chi connectivity index (χ0) is 14.5. The second-order valence-electron chi connectivity index (χ2n) is 4.85. The average molecular weight is 310 g/mol. The van der Waals surface area contributed by atoms with E-state index in [-0.39, 0.29) is 24.5 Å². The van der Waals surface area contributed by atoms with Gasteiger partial charge in [0.2, 0.25) is 0 Å². The van der Waals surface area contributed by atoms with Crippen LogP contribution in [-0.4, -0.2) is 28.6 Å². The number of aromatic nitrogens is 1. The number of thiazole rings is 1. The van der Waals surface area contributed by atoms with Crippen molar-refractivity contribution in [2.75, 3.05) is 6.61 Å². The van der Waals surface area contributed by atoms with E-state index in [1.54, 1.807) is 16.7 Å². The van der Waals surface area contributed by atoms with Crippen molar-refractivity contribution in [2.45, 2.75) is 26.3 Å². The predicted octanol–water partition coefficient (Wildman–Crippen LogP) is 3.01. The zero-order valence-electron chi connectivity index (χ0n) is 11.5. The number of carbonyl (C=O) groups excluding carboxylic acids is 1. The van der Waals surface area contributed by atoms with Gasteiger partial charge in [-0.05, 0) is 23.8 Å². The minimum Gasteiger partial charge on any atom is -0.396 e. The Labute approximate surface area is 126 Å². The van der Waals surface area contributed by atoms with E-state index in [2.05, 4.69) is 10.3 Å². The third-order valence-corrected chi connectivity index (χ3v) is 4.91. The lowest BCUT2D eigenvalue weighted by molar-refractivity contribution is 0.0912. The summed E-state index contributed by atoms with van der Waals surface area (Å²) in [6.07, 6.45) is 0.561. The molecule has 1 amide bonds. The number of aliphatic hydroxyl groups is 1. The Hall–Kier alpha value is -1.24. The van der Waals surface area contributed by atoms with E-state index < -0.39 is 0 Å². The molecule has 20 heavy (non-hydrogen) atoms. The first kappa shape index (κ1) is 15.2. The molecule has 0 fully saturated rings. The van der Waals surface area contributed by atoms with Gasteiger partial charge in [-0.1, -0.05) is 19.9 Å². The normalized spacial score (nSPS) is 12.6. The molecule has 0 radical (unpaired) electrons. The summed E-state index contributed by atoms with van der Waals surface area (Å²) in [4.78, 5) is 17.6. The molecule has 2 heterocycles. The monoisotopic (exact) mass is 310 g/mol. The van der Waals surface area contributed by atoms with E-state index in [1.165, 1.54) is 11.3 Å². The number of thiophene rings is 1. The van der Waals surface area contributed by atoms with Crippen molar-refractivity contribution >= 4 is 28.6 Å². The molecule has 1 unspecified atom stereocenters. The fraction of sp³-hybridized carbons (Fsp3) is 0.429. The Morgan fingerprint density at radius 1 is 1.45 bits per heavy atom. The molecule has 0 aromatic carbocycles. The zero-order valence-corrected chi connectivity index (χ0v) is 13.1. The Kier molecular flexibility index (Phi) is 5.28. The molecule has 1 atom stereocenters. The quantitative estimate of drug-likeness (QED) is 0.862. The largest absolute Gasteiger partial charge is 0.396 e. The van der Waals surface area contributed by atoms with Crippen LogP contribution in [0, 0.1) is 5.92 Å². The maximum Gasteiger partial charge on any atom is 0.271 e. The molecule has 4 nitrogen and oxygen atoms in total. The smallest absolute Gasteiger partial charge is 0.271 e. The Balaban J connectivity index is 2.06. The molecule has 0 bridgehead atoms. The van der Waals surface area contributed by atoms with Gasteiger partial charge in [0.15, 0.2) is 0 Å². The molecule has 0 spiro atoms. The molecular weight excluding hydrogens is 292 g/mol. The number of nitrogens with zero attached hydrogens (tertiary/aromatic N) is 1. The maximum absolute atomic E-state index is 12.2. The van der Waals surface area contributed by atoms with E-state index >= 15 is 0 Å². The second kappa shape index (κ2) is 6.97. The van der Waals surface area contributed by atoms with Gasteiger partial charge in [-0.2, -0.15) is 0 Å². The van der Waals surface area contributed by atoms with Crippen molar-refractivity contribution in [1.82, 2.24) is 10.3 Å². The lowest BCUT2D eigenvalue weighted by Crippen LogP contribution is -2.39. The molecule has 108 valence electrons. The van der Waals surface area contributed by atoms with Crippen molar-refractivity contribution in [1.29, 1.82) is 0 Å². The molecule has 2 aromatic heterocycles. The van der Waals surface area contributed by atoms with Gasteiger partial charge in [0, 0.05) is 18.0 Å². The number of aliphatic hydroxyl groups excluding tert-OH is 1. The Morgan fingerprint density at radius 2 is 2.25 bits per heavy atom. The van der Waals surface area contributed by atoms with E-state index in [9.17, 15) is 4.79 Å². The lowest BCUT2D eigenvalue weighted by atomic mass is 10.0. The van der Waals surface area contributed by atoms with Crippen LogP contribution in [0.25, 0.3) is 9.88 Å². The summed E-state index contributed by atoms with van der Waals surface area (Å²) in [5.74, 6) is 0.109. The van der Waals surface area contributed by atoms with Gasteiger partial charge in [-0.25, -0.2) is 4.98 Å². The van der Waals surface area contributed by atoms with Crippen LogP contribution in [0.15, 0.2) is 22.9 Å². The third kappa shape index (κ3) is 3.65. The molecule has 0 saturated carbocycles. The Morgan fingerprint density at radius 3 is 2.85 bits per heavy atom. The van der Waals surface area contributed by atoms with Gasteiger partial charge in [0.05, 0.1) is 4.88 Å². The van der Waals surface area contributed by atoms with Gasteiger partial charge in [-0.3, -0.25) is 4.79 Å². The number of nitrogens with one attached hydrogen (secondary N) is 1. The molecule has 0 saturated heterocycles. The number of amides is 1. The van der Waals surface area contributed by atoms with Crippen LogP contribution >= 0.6 is 22.7 Å². The summed E-state index contributed by atoms with van der Waals surface area (Å²) in [7, 11) is 0. The molecule has 0 aliphatic rings. The second-order valence-corrected chi connectivity index (χ2v) is 6.66. The van der Waals surface area contributed by atoms with Crippen molar-refractivity contribution in [3.05, 3.63) is 28.6 Å². The van der Waals surface area contributed by atoms with Crippen LogP contribution < -0.4 is 5.32 Å². The van der Waals surface area contributed by atoms with Crippen molar-refractivity contribution < 1.29 is 9.90 Å². The minimum absolute atomic E-state index is 0.0283. The predicted molar refractivity (Wildman–Crippen MR) is 83.2 cm³/mol. The van der Waals surface area contributed by atoms with Crippen LogP contribution in [-0.2, 0) is 0 Å². The SMILES string of the molecule is CC(C)C(CCO)NC(=O)c1csc(-c2cccs2)n1. The third-order valence-electron chi connectivity index (χ3n) is 3.03. The minimum atomic E-state index is -0.170. The highest BCUT2D eigenvalue weighted by molar-refractivity contribution is 7.20. The van der Waals surface area contributed by atoms with Crippen molar-refractivity contribution in [2.24, 2.45) is 5.92 Å². The average Bonchev–Trinajstić information content (AvgIpc) is 3.08. The highest BCUT2D eigenvalue weighted by Gasteiger charge is 2.19. The van der Waals surface area contributed by atoms with E-state index in [0.717, 1.165) is 9.88 Å². The summed E-state index contributed by atoms with van der Waals surface area (Å²) >= 11 is 3.08. The molecule has 0 aliphatic heterocycles. The summed E-state index contributed by atoms with van der Waals surface area (Å²) in [6.45, 7) is 4.12. The first-order valence-electron chi connectivity index (χ1n) is 6.53. The van der Waals surface area contributed by atoms with Crippen molar-refractivity contribution in [3.8, 4) is 9.88 Å². The van der Waals surface area contributed by atoms with Gasteiger partial charge in [0.1, 0.15) is 10.7 Å². The fourth-order valence-electron chi connectivity index (χ4n) is 1.85. The summed E-state index contributed by atoms with van der Waals surface area (Å²) in [6, 6.07) is 3.94. The number of hydrogen-bond acceptors (Lipinski definition) is 5. The van der Waals surface area contributed by atoms with Gasteiger partial charge >= 0.3 is 0 Å². The molecule has 0 aliphatic carbocycles. The van der Waals surface area contributed by atoms with Crippen molar-refractivity contribution in [3.63, 3.8) is 0 Å². The first-order valence-corrected chi connectivity index (χ1v) is 8.29. The van der Waals surface area contributed by atoms with Gasteiger partial charge in [0.25, 0.3) is 5.91 Å². The molecule has 2 N–H and O–H groups in total. The molecule has 6 heteroatoms. The van der Waals surface area contributed by atoms with Gasteiger partial charge in [-0.15, -0.1) is 22.7 Å². The molecule has 2 aromatic rings. The van der Waals surface area contributed by atoms with Crippen LogP contribution in [0.4, 0.5) is 0 Å².